The minimum atomic E-state index is -0.291. The fourth-order valence-corrected chi connectivity index (χ4v) is 4.00. The molecule has 0 unspecified atom stereocenters. The van der Waals surface area contributed by atoms with E-state index in [0.29, 0.717) is 37.1 Å². The molecule has 7 nitrogen and oxygen atoms in total. The van der Waals surface area contributed by atoms with Gasteiger partial charge in [-0.3, -0.25) is 19.3 Å². The number of benzene rings is 1. The second-order valence-electron chi connectivity index (χ2n) is 6.87. The molecule has 0 N–H and O–H groups in total. The van der Waals surface area contributed by atoms with Crippen LogP contribution in [0.2, 0.25) is 0 Å². The number of hydrogen-bond donors (Lipinski definition) is 0. The van der Waals surface area contributed by atoms with Crippen molar-refractivity contribution in [3.63, 3.8) is 0 Å². The predicted molar refractivity (Wildman–Crippen MR) is 101 cm³/mol. The zero-order chi connectivity index (χ0) is 19.1. The molecule has 1 aromatic carbocycles. The average molecular weight is 431 g/mol. The summed E-state index contributed by atoms with van der Waals surface area (Å²) in [4.78, 5) is 44.8. The number of imidazole rings is 1. The standard InChI is InChI=1S/C19H19BrN4O3/c1-22-11-21-15-6-8-23(10-16(15)22)17(25)3-2-7-24-18(26)13-5-4-12(20)9-14(13)19(24)27/h4-5,9,11H,2-3,6-8,10H2,1H3. The van der Waals surface area contributed by atoms with Gasteiger partial charge in [-0.15, -0.1) is 0 Å². The molecule has 0 aliphatic carbocycles. The third-order valence-electron chi connectivity index (χ3n) is 5.16. The van der Waals surface area contributed by atoms with Gasteiger partial charge >= 0.3 is 0 Å². The minimum Gasteiger partial charge on any atom is -0.336 e. The maximum atomic E-state index is 12.5. The molecule has 2 aliphatic heterocycles. The van der Waals surface area contributed by atoms with Gasteiger partial charge in [0.05, 0.1) is 35.4 Å². The van der Waals surface area contributed by atoms with Crippen LogP contribution < -0.4 is 0 Å². The van der Waals surface area contributed by atoms with Crippen LogP contribution >= 0.6 is 15.9 Å². The van der Waals surface area contributed by atoms with Crippen LogP contribution in [0.3, 0.4) is 0 Å². The Morgan fingerprint density at radius 2 is 2.00 bits per heavy atom. The molecule has 2 aromatic rings. The lowest BCUT2D eigenvalue weighted by Gasteiger charge is -2.27. The van der Waals surface area contributed by atoms with E-state index in [4.69, 9.17) is 0 Å². The predicted octanol–water partition coefficient (Wildman–Crippen LogP) is 2.14. The number of halogens is 1. The quantitative estimate of drug-likeness (QED) is 0.696. The summed E-state index contributed by atoms with van der Waals surface area (Å²) in [6.45, 7) is 1.47. The van der Waals surface area contributed by atoms with Gasteiger partial charge in [0.2, 0.25) is 5.91 Å². The van der Waals surface area contributed by atoms with Gasteiger partial charge in [-0.2, -0.15) is 0 Å². The van der Waals surface area contributed by atoms with Crippen molar-refractivity contribution in [3.05, 3.63) is 51.5 Å². The SMILES string of the molecule is Cn1cnc2c1CN(C(=O)CCCN1C(=O)c3ccc(Br)cc3C1=O)CC2. The zero-order valence-corrected chi connectivity index (χ0v) is 16.5. The Balaban J connectivity index is 1.34. The van der Waals surface area contributed by atoms with Gasteiger partial charge in [-0.1, -0.05) is 15.9 Å². The van der Waals surface area contributed by atoms with Crippen LogP contribution in [0.25, 0.3) is 0 Å². The number of carbonyl (C=O) groups is 3. The first-order valence-corrected chi connectivity index (χ1v) is 9.67. The third-order valence-corrected chi connectivity index (χ3v) is 5.66. The highest BCUT2D eigenvalue weighted by Gasteiger charge is 2.35. The molecular weight excluding hydrogens is 412 g/mol. The molecule has 0 saturated carbocycles. The molecule has 2 aliphatic rings. The van der Waals surface area contributed by atoms with Crippen molar-refractivity contribution in [1.82, 2.24) is 19.4 Å². The first-order valence-electron chi connectivity index (χ1n) is 8.88. The first kappa shape index (κ1) is 17.9. The molecule has 0 fully saturated rings. The Hall–Kier alpha value is -2.48. The van der Waals surface area contributed by atoms with Gasteiger partial charge in [0.1, 0.15) is 0 Å². The number of rotatable bonds is 4. The topological polar surface area (TPSA) is 75.5 Å². The van der Waals surface area contributed by atoms with Crippen LogP contribution in [-0.4, -0.2) is 50.2 Å². The molecule has 27 heavy (non-hydrogen) atoms. The number of nitrogens with zero attached hydrogens (tertiary/aromatic N) is 4. The smallest absolute Gasteiger partial charge is 0.261 e. The molecule has 0 atom stereocenters. The van der Waals surface area contributed by atoms with E-state index in [0.717, 1.165) is 22.3 Å². The summed E-state index contributed by atoms with van der Waals surface area (Å²) >= 11 is 3.32. The lowest BCUT2D eigenvalue weighted by Crippen LogP contribution is -2.37. The molecule has 0 radical (unpaired) electrons. The lowest BCUT2D eigenvalue weighted by atomic mass is 10.1. The Bertz CT molecular complexity index is 952. The van der Waals surface area contributed by atoms with E-state index >= 15 is 0 Å². The van der Waals surface area contributed by atoms with Gasteiger partial charge in [-0.25, -0.2) is 4.98 Å². The molecule has 140 valence electrons. The molecule has 1 aromatic heterocycles. The number of hydrogen-bond acceptors (Lipinski definition) is 4. The van der Waals surface area contributed by atoms with E-state index in [9.17, 15) is 14.4 Å². The van der Waals surface area contributed by atoms with E-state index in [-0.39, 0.29) is 24.3 Å². The molecule has 4 rings (SSSR count). The van der Waals surface area contributed by atoms with Gasteiger partial charge in [0.15, 0.2) is 0 Å². The molecule has 8 heteroatoms. The summed E-state index contributed by atoms with van der Waals surface area (Å²) in [6, 6.07) is 5.07. The fraction of sp³-hybridized carbons (Fsp3) is 0.368. The van der Waals surface area contributed by atoms with Crippen molar-refractivity contribution in [2.45, 2.75) is 25.8 Å². The second-order valence-corrected chi connectivity index (χ2v) is 7.79. The number of imide groups is 1. The van der Waals surface area contributed by atoms with Gasteiger partial charge in [0, 0.05) is 37.5 Å². The summed E-state index contributed by atoms with van der Waals surface area (Å²) < 4.78 is 2.71. The Morgan fingerprint density at radius 1 is 1.22 bits per heavy atom. The number of aromatic nitrogens is 2. The van der Waals surface area contributed by atoms with Crippen molar-refractivity contribution in [3.8, 4) is 0 Å². The first-order chi connectivity index (χ1) is 13.0. The second kappa shape index (κ2) is 6.92. The number of amides is 3. The van der Waals surface area contributed by atoms with E-state index in [1.54, 1.807) is 24.5 Å². The van der Waals surface area contributed by atoms with Crippen molar-refractivity contribution in [2.24, 2.45) is 7.05 Å². The average Bonchev–Trinajstić information content (AvgIpc) is 3.14. The van der Waals surface area contributed by atoms with Crippen LogP contribution in [0.4, 0.5) is 0 Å². The lowest BCUT2D eigenvalue weighted by molar-refractivity contribution is -0.132. The number of carbonyl (C=O) groups excluding carboxylic acids is 3. The summed E-state index contributed by atoms with van der Waals surface area (Å²) in [5, 5.41) is 0. The van der Waals surface area contributed by atoms with Gasteiger partial charge in [0.25, 0.3) is 11.8 Å². The monoisotopic (exact) mass is 430 g/mol. The fourth-order valence-electron chi connectivity index (χ4n) is 3.64. The van der Waals surface area contributed by atoms with Crippen LogP contribution in [0, 0.1) is 0 Å². The molecule has 0 bridgehead atoms. The minimum absolute atomic E-state index is 0.0428. The Morgan fingerprint density at radius 3 is 2.81 bits per heavy atom. The van der Waals surface area contributed by atoms with Gasteiger partial charge < -0.3 is 9.47 Å². The summed E-state index contributed by atoms with van der Waals surface area (Å²) in [7, 11) is 1.93. The zero-order valence-electron chi connectivity index (χ0n) is 14.9. The summed E-state index contributed by atoms with van der Waals surface area (Å²) in [6.07, 6.45) is 3.30. The van der Waals surface area contributed by atoms with Crippen LogP contribution in [-0.2, 0) is 24.8 Å². The van der Waals surface area contributed by atoms with Crippen molar-refractivity contribution >= 4 is 33.7 Å². The molecule has 3 amide bonds. The maximum Gasteiger partial charge on any atom is 0.261 e. The molecule has 0 saturated heterocycles. The number of fused-ring (bicyclic) bond motifs is 2. The molecular formula is C19H19BrN4O3. The Labute approximate surface area is 165 Å². The molecule has 3 heterocycles. The van der Waals surface area contributed by atoms with E-state index < -0.39 is 0 Å². The highest BCUT2D eigenvalue weighted by atomic mass is 79.9. The number of aryl methyl sites for hydroxylation is 1. The Kier molecular flexibility index (Phi) is 4.59. The van der Waals surface area contributed by atoms with Crippen LogP contribution in [0.5, 0.6) is 0 Å². The third kappa shape index (κ3) is 3.18. The largest absolute Gasteiger partial charge is 0.336 e. The summed E-state index contributed by atoms with van der Waals surface area (Å²) in [5.41, 5.74) is 2.97. The maximum absolute atomic E-state index is 12.5. The van der Waals surface area contributed by atoms with Crippen LogP contribution in [0.15, 0.2) is 29.0 Å². The highest BCUT2D eigenvalue weighted by molar-refractivity contribution is 9.10. The normalized spacial score (nSPS) is 15.9. The highest BCUT2D eigenvalue weighted by Crippen LogP contribution is 2.26. The van der Waals surface area contributed by atoms with E-state index in [2.05, 4.69) is 20.9 Å². The van der Waals surface area contributed by atoms with Crippen molar-refractivity contribution < 1.29 is 14.4 Å². The molecule has 0 spiro atoms. The van der Waals surface area contributed by atoms with E-state index in [1.807, 2.05) is 16.5 Å². The summed E-state index contributed by atoms with van der Waals surface area (Å²) in [5.74, 6) is -0.533. The van der Waals surface area contributed by atoms with Crippen LogP contribution in [0.1, 0.15) is 44.9 Å². The van der Waals surface area contributed by atoms with E-state index in [1.165, 1.54) is 4.90 Å². The van der Waals surface area contributed by atoms with Gasteiger partial charge in [-0.05, 0) is 24.6 Å². The van der Waals surface area contributed by atoms with Crippen molar-refractivity contribution in [1.29, 1.82) is 0 Å². The van der Waals surface area contributed by atoms with Crippen molar-refractivity contribution in [2.75, 3.05) is 13.1 Å².